The minimum Gasteiger partial charge on any atom is -0.454 e. The Morgan fingerprint density at radius 3 is 2.47 bits per heavy atom. The molecule has 0 saturated heterocycles. The highest BCUT2D eigenvalue weighted by Crippen LogP contribution is 2.21. The molecule has 0 aliphatic carbocycles. The van der Waals surface area contributed by atoms with Gasteiger partial charge in [0.05, 0.1) is 23.1 Å². The van der Waals surface area contributed by atoms with Crippen LogP contribution < -0.4 is 5.32 Å². The van der Waals surface area contributed by atoms with Crippen molar-refractivity contribution < 1.29 is 23.9 Å². The van der Waals surface area contributed by atoms with Gasteiger partial charge in [-0.1, -0.05) is 6.07 Å². The maximum atomic E-state index is 12.7. The average molecular weight is 455 g/mol. The van der Waals surface area contributed by atoms with Gasteiger partial charge in [-0.15, -0.1) is 11.3 Å². The van der Waals surface area contributed by atoms with Crippen LogP contribution in [0.5, 0.6) is 0 Å². The third kappa shape index (κ3) is 5.33. The van der Waals surface area contributed by atoms with Gasteiger partial charge in [0.1, 0.15) is 0 Å². The molecule has 3 aromatic rings. The number of carbonyl (C=O) groups is 3. The van der Waals surface area contributed by atoms with E-state index in [-0.39, 0.29) is 24.3 Å². The van der Waals surface area contributed by atoms with Crippen molar-refractivity contribution in [1.29, 1.82) is 0 Å². The van der Waals surface area contributed by atoms with Gasteiger partial charge in [-0.3, -0.25) is 9.59 Å². The molecule has 1 aromatic carbocycles. The van der Waals surface area contributed by atoms with Crippen LogP contribution in [0.4, 0.5) is 5.69 Å². The number of amides is 1. The molecule has 8 heteroatoms. The predicted octanol–water partition coefficient (Wildman–Crippen LogP) is 4.67. The van der Waals surface area contributed by atoms with Crippen LogP contribution in [-0.4, -0.2) is 42.6 Å². The van der Waals surface area contributed by atoms with Gasteiger partial charge in [-0.2, -0.15) is 0 Å². The van der Waals surface area contributed by atoms with Crippen LogP contribution in [0.2, 0.25) is 0 Å². The van der Waals surface area contributed by atoms with Gasteiger partial charge in [0, 0.05) is 29.7 Å². The highest BCUT2D eigenvalue weighted by molar-refractivity contribution is 7.12. The van der Waals surface area contributed by atoms with E-state index in [9.17, 15) is 14.4 Å². The second-order valence-electron chi connectivity index (χ2n) is 7.47. The zero-order valence-corrected chi connectivity index (χ0v) is 19.3. The fourth-order valence-electron chi connectivity index (χ4n) is 3.64. The van der Waals surface area contributed by atoms with Gasteiger partial charge >= 0.3 is 5.97 Å². The molecule has 168 valence electrons. The number of aromatic nitrogens is 1. The van der Waals surface area contributed by atoms with Crippen LogP contribution in [0.1, 0.15) is 54.7 Å². The molecule has 0 saturated carbocycles. The number of nitrogens with one attached hydrogen (secondary N) is 1. The Kier molecular flexibility index (Phi) is 7.61. The molecule has 0 aliphatic heterocycles. The largest absolute Gasteiger partial charge is 0.454 e. The van der Waals surface area contributed by atoms with Crippen molar-refractivity contribution in [3.05, 3.63) is 75.2 Å². The van der Waals surface area contributed by atoms with Gasteiger partial charge in [0.2, 0.25) is 5.78 Å². The summed E-state index contributed by atoms with van der Waals surface area (Å²) < 4.78 is 12.5. The lowest BCUT2D eigenvalue weighted by Gasteiger charge is -2.17. The lowest BCUT2D eigenvalue weighted by atomic mass is 10.1. The number of thiophene rings is 1. The van der Waals surface area contributed by atoms with E-state index in [0.717, 1.165) is 11.4 Å². The van der Waals surface area contributed by atoms with E-state index in [1.807, 2.05) is 36.8 Å². The molecule has 1 unspecified atom stereocenters. The molecule has 3 rings (SSSR count). The summed E-state index contributed by atoms with van der Waals surface area (Å²) in [6.07, 6.45) is 0. The van der Waals surface area contributed by atoms with Crippen molar-refractivity contribution in [2.75, 3.05) is 25.6 Å². The molecule has 0 spiro atoms. The maximum absolute atomic E-state index is 12.7. The Morgan fingerprint density at radius 2 is 1.84 bits per heavy atom. The van der Waals surface area contributed by atoms with Gasteiger partial charge in [0.25, 0.3) is 5.91 Å². The summed E-state index contributed by atoms with van der Waals surface area (Å²) in [7, 11) is 1.64. The second-order valence-corrected chi connectivity index (χ2v) is 8.41. The summed E-state index contributed by atoms with van der Waals surface area (Å²) in [4.78, 5) is 37.7. The molecule has 1 amide bonds. The van der Waals surface area contributed by atoms with Gasteiger partial charge in [-0.05, 0) is 62.5 Å². The number of methoxy groups -OCH3 is 1. The van der Waals surface area contributed by atoms with Crippen LogP contribution in [0.25, 0.3) is 0 Å². The van der Waals surface area contributed by atoms with Crippen molar-refractivity contribution in [3.8, 4) is 0 Å². The molecule has 0 radical (unpaired) electrons. The Morgan fingerprint density at radius 1 is 1.12 bits per heavy atom. The van der Waals surface area contributed by atoms with Crippen molar-refractivity contribution in [2.45, 2.75) is 26.8 Å². The van der Waals surface area contributed by atoms with Crippen LogP contribution in [0.15, 0.2) is 47.8 Å². The highest BCUT2D eigenvalue weighted by atomic mass is 32.1. The summed E-state index contributed by atoms with van der Waals surface area (Å²) in [5.41, 5.74) is 3.16. The number of ketones is 1. The van der Waals surface area contributed by atoms with Crippen LogP contribution in [0, 0.1) is 13.8 Å². The second kappa shape index (κ2) is 10.4. The number of ether oxygens (including phenoxy) is 2. The Hall–Kier alpha value is -3.23. The smallest absolute Gasteiger partial charge is 0.338 e. The van der Waals surface area contributed by atoms with Gasteiger partial charge in [0.15, 0.2) is 6.61 Å². The molecule has 1 atom stereocenters. The maximum Gasteiger partial charge on any atom is 0.338 e. The van der Waals surface area contributed by atoms with Crippen molar-refractivity contribution in [3.63, 3.8) is 0 Å². The molecular formula is C24H26N2O5S. The van der Waals surface area contributed by atoms with E-state index in [4.69, 9.17) is 9.47 Å². The molecule has 0 bridgehead atoms. The van der Waals surface area contributed by atoms with Crippen molar-refractivity contribution >= 4 is 34.7 Å². The fourth-order valence-corrected chi connectivity index (χ4v) is 4.25. The zero-order valence-electron chi connectivity index (χ0n) is 18.5. The Bertz CT molecular complexity index is 1100. The zero-order chi connectivity index (χ0) is 23.3. The van der Waals surface area contributed by atoms with Crippen molar-refractivity contribution in [1.82, 2.24) is 4.57 Å². The van der Waals surface area contributed by atoms with E-state index >= 15 is 0 Å². The molecule has 2 aromatic heterocycles. The summed E-state index contributed by atoms with van der Waals surface area (Å²) in [5, 5.41) is 4.59. The minimum atomic E-state index is -0.601. The number of hydrogen-bond donors (Lipinski definition) is 1. The van der Waals surface area contributed by atoms with E-state index in [1.165, 1.54) is 11.3 Å². The number of aryl methyl sites for hydroxylation is 1. The molecule has 7 nitrogen and oxygen atoms in total. The first kappa shape index (κ1) is 23.4. The van der Waals surface area contributed by atoms with E-state index in [1.54, 1.807) is 43.5 Å². The first-order chi connectivity index (χ1) is 15.3. The summed E-state index contributed by atoms with van der Waals surface area (Å²) in [6, 6.07) is 11.8. The van der Waals surface area contributed by atoms with E-state index in [2.05, 4.69) is 5.32 Å². The number of benzene rings is 1. The van der Waals surface area contributed by atoms with Crippen LogP contribution >= 0.6 is 11.3 Å². The summed E-state index contributed by atoms with van der Waals surface area (Å²) in [6.45, 7) is 6.00. The van der Waals surface area contributed by atoms with Crippen LogP contribution in [-0.2, 0) is 9.47 Å². The Labute approximate surface area is 191 Å². The van der Waals surface area contributed by atoms with Crippen LogP contribution in [0.3, 0.4) is 0 Å². The quantitative estimate of drug-likeness (QED) is 0.375. The van der Waals surface area contributed by atoms with E-state index in [0.29, 0.717) is 28.3 Å². The number of Topliss-reactive ketones (excluding diaryl/α,β-unsaturated/α-hetero) is 1. The normalized spacial score (nSPS) is 11.8. The molecule has 0 fully saturated rings. The molecule has 0 aliphatic rings. The number of rotatable bonds is 9. The third-order valence-electron chi connectivity index (χ3n) is 5.09. The molecule has 2 heterocycles. The predicted molar refractivity (Wildman–Crippen MR) is 124 cm³/mol. The monoisotopic (exact) mass is 454 g/mol. The van der Waals surface area contributed by atoms with Gasteiger partial charge < -0.3 is 19.4 Å². The number of carbonyl (C=O) groups excluding carboxylic acids is 3. The highest BCUT2D eigenvalue weighted by Gasteiger charge is 2.20. The number of esters is 1. The van der Waals surface area contributed by atoms with Gasteiger partial charge in [-0.25, -0.2) is 4.79 Å². The topological polar surface area (TPSA) is 86.6 Å². The molecular weight excluding hydrogens is 428 g/mol. The lowest BCUT2D eigenvalue weighted by molar-refractivity contribution is 0.0474. The number of nitrogens with zero attached hydrogens (tertiary/aromatic N) is 1. The van der Waals surface area contributed by atoms with Crippen molar-refractivity contribution in [2.24, 2.45) is 0 Å². The Balaban J connectivity index is 1.59. The third-order valence-corrected chi connectivity index (χ3v) is 5.96. The minimum absolute atomic E-state index is 0.0860. The number of anilines is 1. The fraction of sp³-hybridized carbons (Fsp3) is 0.292. The standard InChI is InChI=1S/C24H26N2O5S/c1-15-12-20(17(3)26(15)16(2)13-30-4)21(27)14-31-24(29)18-7-9-19(10-8-18)25-23(28)22-6-5-11-32-22/h5-12,16H,13-14H2,1-4H3,(H,25,28). The molecule has 32 heavy (non-hydrogen) atoms. The van der Waals surface area contributed by atoms with E-state index < -0.39 is 5.97 Å². The first-order valence-corrected chi connectivity index (χ1v) is 11.0. The number of hydrogen-bond acceptors (Lipinski definition) is 6. The summed E-state index contributed by atoms with van der Waals surface area (Å²) >= 11 is 1.35. The first-order valence-electron chi connectivity index (χ1n) is 10.1. The molecule has 1 N–H and O–H groups in total. The average Bonchev–Trinajstić information content (AvgIpc) is 3.40. The lowest BCUT2D eigenvalue weighted by Crippen LogP contribution is -2.17. The summed E-state index contributed by atoms with van der Waals surface area (Å²) in [5.74, 6) is -1.07. The SMILES string of the molecule is COCC(C)n1c(C)cc(C(=O)COC(=O)c2ccc(NC(=O)c3cccs3)cc2)c1C.